The van der Waals surface area contributed by atoms with Gasteiger partial charge in [-0.1, -0.05) is 13.8 Å². The highest BCUT2D eigenvalue weighted by molar-refractivity contribution is 5.75. The standard InChI is InChI=1S/C9H18N.Mg.2H/c1-3-10(4-2)8-7-9-5-6-9;;;/h3-8H2,1-2H3;;;. The van der Waals surface area contributed by atoms with Crippen molar-refractivity contribution in [1.82, 2.24) is 4.90 Å². The van der Waals surface area contributed by atoms with E-state index in [1.807, 2.05) is 0 Å². The summed E-state index contributed by atoms with van der Waals surface area (Å²) in [6, 6.07) is 0. The number of rotatable bonds is 5. The van der Waals surface area contributed by atoms with E-state index < -0.39 is 0 Å². The first-order valence-electron chi connectivity index (χ1n) is 4.42. The zero-order valence-corrected chi connectivity index (χ0v) is 7.19. The lowest BCUT2D eigenvalue weighted by molar-refractivity contribution is 0.306. The predicted octanol–water partition coefficient (Wildman–Crippen LogP) is 1.17. The van der Waals surface area contributed by atoms with E-state index in [9.17, 15) is 0 Å². The van der Waals surface area contributed by atoms with Gasteiger partial charge in [-0.05, 0) is 44.8 Å². The lowest BCUT2D eigenvalue weighted by Crippen LogP contribution is -2.24. The predicted molar refractivity (Wildman–Crippen MR) is 53.4 cm³/mol. The molecule has 1 rings (SSSR count). The van der Waals surface area contributed by atoms with Gasteiger partial charge in [0.25, 0.3) is 0 Å². The molecule has 11 heavy (non-hydrogen) atoms. The van der Waals surface area contributed by atoms with Gasteiger partial charge in [-0.15, -0.1) is 0 Å². The summed E-state index contributed by atoms with van der Waals surface area (Å²) in [5.41, 5.74) is 0. The van der Waals surface area contributed by atoms with Crippen molar-refractivity contribution in [3.8, 4) is 0 Å². The molecule has 0 heterocycles. The minimum absolute atomic E-state index is 0. The summed E-state index contributed by atoms with van der Waals surface area (Å²) in [6.07, 6.45) is 4.20. The second-order valence-electron chi connectivity index (χ2n) is 3.03. The van der Waals surface area contributed by atoms with Crippen molar-refractivity contribution in [3.05, 3.63) is 5.92 Å². The highest BCUT2D eigenvalue weighted by atomic mass is 24.3. The van der Waals surface area contributed by atoms with Gasteiger partial charge in [-0.2, -0.15) is 0 Å². The fourth-order valence-corrected chi connectivity index (χ4v) is 1.19. The molecule has 0 atom stereocenters. The average Bonchev–Trinajstić information content (AvgIpc) is 2.74. The van der Waals surface area contributed by atoms with Crippen molar-refractivity contribution in [1.29, 1.82) is 0 Å². The molecule has 0 bridgehead atoms. The zero-order valence-electron chi connectivity index (χ0n) is 7.19. The van der Waals surface area contributed by atoms with E-state index in [2.05, 4.69) is 18.7 Å². The maximum Gasteiger partial charge on any atom is 0.316 e. The average molecular weight is 167 g/mol. The van der Waals surface area contributed by atoms with Gasteiger partial charge in [0.2, 0.25) is 0 Å². The third-order valence-electron chi connectivity index (χ3n) is 2.28. The van der Waals surface area contributed by atoms with E-state index in [1.54, 1.807) is 5.92 Å². The smallest absolute Gasteiger partial charge is 0.304 e. The zero-order chi connectivity index (χ0) is 7.40. The second-order valence-corrected chi connectivity index (χ2v) is 3.03. The molecule has 0 amide bonds. The molecular weight excluding hydrogens is 146 g/mol. The van der Waals surface area contributed by atoms with Crippen LogP contribution in [0.3, 0.4) is 0 Å². The summed E-state index contributed by atoms with van der Waals surface area (Å²) in [7, 11) is 0. The van der Waals surface area contributed by atoms with Crippen LogP contribution in [0.2, 0.25) is 0 Å². The summed E-state index contributed by atoms with van der Waals surface area (Å²) in [5.74, 6) is 1.78. The number of nitrogens with zero attached hydrogens (tertiary/aromatic N) is 1. The number of hydrogen-bond donors (Lipinski definition) is 0. The Morgan fingerprint density at radius 3 is 2.09 bits per heavy atom. The van der Waals surface area contributed by atoms with E-state index in [0.717, 1.165) is 0 Å². The molecule has 1 saturated carbocycles. The maximum absolute atomic E-state index is 2.49. The van der Waals surface area contributed by atoms with Crippen molar-refractivity contribution in [2.45, 2.75) is 33.1 Å². The van der Waals surface area contributed by atoms with Gasteiger partial charge in [0.05, 0.1) is 0 Å². The molecule has 1 nitrogen and oxygen atoms in total. The molecule has 63 valence electrons. The van der Waals surface area contributed by atoms with Crippen LogP contribution in [0.4, 0.5) is 0 Å². The van der Waals surface area contributed by atoms with Crippen molar-refractivity contribution in [3.63, 3.8) is 0 Å². The van der Waals surface area contributed by atoms with Crippen LogP contribution < -0.4 is 0 Å². The lowest BCUT2D eigenvalue weighted by atomic mass is 10.3. The Morgan fingerprint density at radius 2 is 1.73 bits per heavy atom. The van der Waals surface area contributed by atoms with Crippen molar-refractivity contribution in [2.24, 2.45) is 0 Å². The highest BCUT2D eigenvalue weighted by Gasteiger charge is 2.21. The maximum atomic E-state index is 2.49. The Balaban J connectivity index is 0.000001000. The van der Waals surface area contributed by atoms with E-state index in [-0.39, 0.29) is 23.1 Å². The van der Waals surface area contributed by atoms with Gasteiger partial charge in [-0.3, -0.25) is 0 Å². The van der Waals surface area contributed by atoms with Crippen LogP contribution in [-0.4, -0.2) is 47.6 Å². The first-order valence-corrected chi connectivity index (χ1v) is 4.42. The molecule has 0 aliphatic heterocycles. The summed E-state index contributed by atoms with van der Waals surface area (Å²) in [4.78, 5) is 2.49. The molecule has 0 N–H and O–H groups in total. The van der Waals surface area contributed by atoms with Crippen LogP contribution in [0.5, 0.6) is 0 Å². The summed E-state index contributed by atoms with van der Waals surface area (Å²) in [5, 5.41) is 0. The van der Waals surface area contributed by atoms with Crippen LogP contribution in [0, 0.1) is 5.92 Å². The Labute approximate surface area is 86.7 Å². The first-order chi connectivity index (χ1) is 4.86. The van der Waals surface area contributed by atoms with Crippen LogP contribution in [0.1, 0.15) is 33.1 Å². The van der Waals surface area contributed by atoms with Crippen molar-refractivity contribution < 1.29 is 0 Å². The van der Waals surface area contributed by atoms with Crippen molar-refractivity contribution >= 4 is 23.1 Å². The van der Waals surface area contributed by atoms with Crippen LogP contribution in [0.25, 0.3) is 0 Å². The molecule has 0 aromatic carbocycles. The third kappa shape index (κ3) is 5.04. The molecule has 0 aromatic heterocycles. The van der Waals surface area contributed by atoms with Gasteiger partial charge in [0.15, 0.2) is 0 Å². The van der Waals surface area contributed by atoms with Crippen LogP contribution in [-0.2, 0) is 0 Å². The first kappa shape index (κ1) is 11.7. The Hall–Kier alpha value is 0.726. The Kier molecular flexibility index (Phi) is 6.68. The molecule has 1 aliphatic rings. The lowest BCUT2D eigenvalue weighted by Gasteiger charge is -2.16. The third-order valence-corrected chi connectivity index (χ3v) is 2.28. The largest absolute Gasteiger partial charge is 0.316 e. The van der Waals surface area contributed by atoms with Crippen molar-refractivity contribution in [2.75, 3.05) is 19.6 Å². The van der Waals surface area contributed by atoms with E-state index in [0.29, 0.717) is 0 Å². The Morgan fingerprint density at radius 1 is 1.18 bits per heavy atom. The van der Waals surface area contributed by atoms with Crippen LogP contribution >= 0.6 is 0 Å². The normalized spacial score (nSPS) is 16.6. The molecule has 1 radical (unpaired) electrons. The quantitative estimate of drug-likeness (QED) is 0.555. The summed E-state index contributed by atoms with van der Waals surface area (Å²) < 4.78 is 0. The fraction of sp³-hybridized carbons (Fsp3) is 0.889. The molecular formula is C9H20MgN. The molecule has 0 aromatic rings. The van der Waals surface area contributed by atoms with Gasteiger partial charge in [0, 0.05) is 0 Å². The van der Waals surface area contributed by atoms with Gasteiger partial charge < -0.3 is 4.90 Å². The molecule has 1 aliphatic carbocycles. The van der Waals surface area contributed by atoms with Gasteiger partial charge >= 0.3 is 23.1 Å². The van der Waals surface area contributed by atoms with E-state index in [4.69, 9.17) is 0 Å². The number of hydrogen-bond acceptors (Lipinski definition) is 1. The molecule has 0 spiro atoms. The van der Waals surface area contributed by atoms with Gasteiger partial charge in [0.1, 0.15) is 0 Å². The molecule has 0 unspecified atom stereocenters. The molecule has 0 saturated heterocycles. The molecule has 2 heteroatoms. The van der Waals surface area contributed by atoms with E-state index >= 15 is 0 Å². The Bertz CT molecular complexity index is 87.6. The summed E-state index contributed by atoms with van der Waals surface area (Å²) >= 11 is 0. The van der Waals surface area contributed by atoms with Crippen LogP contribution in [0.15, 0.2) is 0 Å². The summed E-state index contributed by atoms with van der Waals surface area (Å²) in [6.45, 7) is 8.19. The minimum Gasteiger partial charge on any atom is -0.304 e. The molecule has 1 fully saturated rings. The van der Waals surface area contributed by atoms with E-state index in [1.165, 1.54) is 38.9 Å². The second kappa shape index (κ2) is 6.27. The fourth-order valence-electron chi connectivity index (χ4n) is 1.19. The SMILES string of the molecule is CCN(CC)CC[C]1CC1.[MgH2]. The van der Waals surface area contributed by atoms with Gasteiger partial charge in [-0.25, -0.2) is 0 Å². The minimum atomic E-state index is 0. The topological polar surface area (TPSA) is 3.24 Å². The monoisotopic (exact) mass is 166 g/mol. The highest BCUT2D eigenvalue weighted by Crippen LogP contribution is 2.34.